The standard InChI is InChI=1S/C5H11.Al.2HI/c1-3-5-4-2;;;/h1,3-5H2,2H3;;2*1H/q;+2;;/p-2. The van der Waals surface area contributed by atoms with E-state index in [-0.39, 0.29) is 7.58 Å². The van der Waals surface area contributed by atoms with Gasteiger partial charge in [-0.25, -0.2) is 0 Å². The van der Waals surface area contributed by atoms with Crippen LogP contribution in [0.5, 0.6) is 0 Å². The average molecular weight is 352 g/mol. The summed E-state index contributed by atoms with van der Waals surface area (Å²) in [5.74, 6) is 0. The maximum Gasteiger partial charge on any atom is 0.445 e. The van der Waals surface area contributed by atoms with Crippen LogP contribution in [0.15, 0.2) is 0 Å². The van der Waals surface area contributed by atoms with Gasteiger partial charge in [-0.15, -0.1) is 0 Å². The Kier molecular flexibility index (Phi) is 8.87. The smallest absolute Gasteiger partial charge is 0.191 e. The van der Waals surface area contributed by atoms with Gasteiger partial charge in [-0.3, -0.25) is 0 Å². The second-order valence-electron chi connectivity index (χ2n) is 1.89. The van der Waals surface area contributed by atoms with Gasteiger partial charge in [0.05, 0.1) is 0 Å². The van der Waals surface area contributed by atoms with Crippen LogP contribution in [0.3, 0.4) is 0 Å². The molecule has 0 rings (SSSR count). The van der Waals surface area contributed by atoms with Crippen LogP contribution >= 0.6 is 40.5 Å². The summed E-state index contributed by atoms with van der Waals surface area (Å²) in [7, 11) is -0.262. The van der Waals surface area contributed by atoms with E-state index < -0.39 is 0 Å². The Labute approximate surface area is 78.5 Å². The van der Waals surface area contributed by atoms with E-state index in [1.54, 1.807) is 0 Å². The van der Waals surface area contributed by atoms with Crippen molar-refractivity contribution >= 4 is 48.1 Å². The first-order valence-electron chi connectivity index (χ1n) is 3.05. The minimum Gasteiger partial charge on any atom is -0.191 e. The molecule has 0 fully saturated rings. The molecule has 0 N–H and O–H groups in total. The van der Waals surface area contributed by atoms with Gasteiger partial charge in [-0.1, -0.05) is 31.5 Å². The van der Waals surface area contributed by atoms with Crippen molar-refractivity contribution in [3.8, 4) is 0 Å². The molecule has 0 aromatic carbocycles. The maximum absolute atomic E-state index is 2.61. The van der Waals surface area contributed by atoms with Crippen LogP contribution < -0.4 is 0 Å². The number of halogens is 2. The molecule has 0 aliphatic heterocycles. The van der Waals surface area contributed by atoms with Crippen LogP contribution in [0.4, 0.5) is 0 Å². The summed E-state index contributed by atoms with van der Waals surface area (Å²) in [4.78, 5) is 0. The Morgan fingerprint density at radius 3 is 2.25 bits per heavy atom. The number of unbranched alkanes of at least 4 members (excludes halogenated alkanes) is 2. The zero-order valence-corrected chi connectivity index (χ0v) is 10.6. The lowest BCUT2D eigenvalue weighted by Gasteiger charge is -1.93. The predicted molar refractivity (Wildman–Crippen MR) is 58.1 cm³/mol. The zero-order chi connectivity index (χ0) is 6.41. The third-order valence-electron chi connectivity index (χ3n) is 1.03. The highest BCUT2D eigenvalue weighted by Gasteiger charge is 2.05. The minimum absolute atomic E-state index is 0.262. The Bertz CT molecular complexity index is 47.7. The van der Waals surface area contributed by atoms with Gasteiger partial charge in [-0.2, -0.15) is 40.5 Å². The van der Waals surface area contributed by atoms with Gasteiger partial charge in [0, 0.05) is 0 Å². The molecule has 0 heterocycles. The first-order valence-corrected chi connectivity index (χ1v) is 12.2. The van der Waals surface area contributed by atoms with Gasteiger partial charge in [0.25, 0.3) is 0 Å². The van der Waals surface area contributed by atoms with Crippen LogP contribution in [-0.2, 0) is 0 Å². The summed E-state index contributed by atoms with van der Waals surface area (Å²) in [5.41, 5.74) is 0. The molecule has 48 valence electrons. The lowest BCUT2D eigenvalue weighted by atomic mass is 10.3. The van der Waals surface area contributed by atoms with Gasteiger partial charge in [0.1, 0.15) is 0 Å². The number of rotatable bonds is 4. The molecular weight excluding hydrogens is 341 g/mol. The van der Waals surface area contributed by atoms with Crippen molar-refractivity contribution in [2.24, 2.45) is 0 Å². The quantitative estimate of drug-likeness (QED) is 0.413. The van der Waals surface area contributed by atoms with Gasteiger partial charge in [-0.05, 0) is 0 Å². The minimum atomic E-state index is -0.262. The molecule has 0 saturated heterocycles. The van der Waals surface area contributed by atoms with E-state index in [9.17, 15) is 0 Å². The third kappa shape index (κ3) is 7.99. The second-order valence-corrected chi connectivity index (χ2v) is 19.4. The number of hydrogen-bond acceptors (Lipinski definition) is 0. The van der Waals surface area contributed by atoms with E-state index >= 15 is 0 Å². The molecule has 8 heavy (non-hydrogen) atoms. The van der Waals surface area contributed by atoms with Gasteiger partial charge < -0.3 is 0 Å². The third-order valence-corrected chi connectivity index (χ3v) is 5.61. The predicted octanol–water partition coefficient (Wildman–Crippen LogP) is 3.53. The van der Waals surface area contributed by atoms with Crippen LogP contribution in [-0.4, -0.2) is 7.58 Å². The molecule has 0 spiro atoms. The van der Waals surface area contributed by atoms with Gasteiger partial charge >= 0.3 is 7.58 Å². The monoisotopic (exact) mass is 352 g/mol. The summed E-state index contributed by atoms with van der Waals surface area (Å²) in [6.07, 6.45) is 4.28. The fourth-order valence-electron chi connectivity index (χ4n) is 0.549. The van der Waals surface area contributed by atoms with Crippen molar-refractivity contribution in [3.05, 3.63) is 0 Å². The van der Waals surface area contributed by atoms with Crippen molar-refractivity contribution < 1.29 is 0 Å². The first-order chi connectivity index (χ1) is 3.77. The highest BCUT2D eigenvalue weighted by atomic mass is 127. The summed E-state index contributed by atoms with van der Waals surface area (Å²) in [5, 5.41) is 1.52. The highest BCUT2D eigenvalue weighted by Crippen LogP contribution is 2.14. The van der Waals surface area contributed by atoms with Crippen LogP contribution in [0.25, 0.3) is 0 Å². The van der Waals surface area contributed by atoms with E-state index in [0.29, 0.717) is 0 Å². The van der Waals surface area contributed by atoms with Crippen LogP contribution in [0, 0.1) is 0 Å². The van der Waals surface area contributed by atoms with Crippen LogP contribution in [0.2, 0.25) is 5.28 Å². The molecule has 0 aliphatic rings. The normalized spacial score (nSPS) is 9.38. The SMILES string of the molecule is CCCC[CH2][Al]([I])[I]. The van der Waals surface area contributed by atoms with E-state index in [1.807, 2.05) is 0 Å². The largest absolute Gasteiger partial charge is 0.445 e. The van der Waals surface area contributed by atoms with Crippen molar-refractivity contribution in [2.75, 3.05) is 0 Å². The molecule has 0 amide bonds. The van der Waals surface area contributed by atoms with E-state index in [1.165, 1.54) is 24.5 Å². The summed E-state index contributed by atoms with van der Waals surface area (Å²) >= 11 is 5.22. The molecule has 0 radical (unpaired) electrons. The average Bonchev–Trinajstić information content (AvgIpc) is 1.66. The highest BCUT2D eigenvalue weighted by molar-refractivity contribution is 14.3. The van der Waals surface area contributed by atoms with E-state index in [0.717, 1.165) is 0 Å². The molecule has 0 atom stereocenters. The zero-order valence-electron chi connectivity index (χ0n) is 5.16. The fraction of sp³-hybridized carbons (Fsp3) is 1.00. The van der Waals surface area contributed by atoms with Crippen molar-refractivity contribution in [1.82, 2.24) is 0 Å². The molecule has 0 nitrogen and oxygen atoms in total. The Morgan fingerprint density at radius 2 is 1.88 bits per heavy atom. The topological polar surface area (TPSA) is 0 Å². The van der Waals surface area contributed by atoms with E-state index in [4.69, 9.17) is 0 Å². The first kappa shape index (κ1) is 9.99. The van der Waals surface area contributed by atoms with Gasteiger partial charge in [0.15, 0.2) is 0 Å². The molecule has 0 aromatic rings. The fourth-order valence-corrected chi connectivity index (χ4v) is 3.79. The molecule has 0 aliphatic carbocycles. The lowest BCUT2D eigenvalue weighted by Crippen LogP contribution is -1.87. The van der Waals surface area contributed by atoms with Crippen LogP contribution in [0.1, 0.15) is 26.2 Å². The summed E-state index contributed by atoms with van der Waals surface area (Å²) in [6.45, 7) is 2.26. The Morgan fingerprint density at radius 1 is 1.25 bits per heavy atom. The van der Waals surface area contributed by atoms with Gasteiger partial charge in [0.2, 0.25) is 0 Å². The summed E-state index contributed by atoms with van der Waals surface area (Å²) < 4.78 is 0. The Balaban J connectivity index is 2.72. The lowest BCUT2D eigenvalue weighted by molar-refractivity contribution is 0.770. The van der Waals surface area contributed by atoms with E-state index in [2.05, 4.69) is 47.5 Å². The van der Waals surface area contributed by atoms with Crippen molar-refractivity contribution in [1.29, 1.82) is 0 Å². The maximum atomic E-state index is 2.61. The number of hydrogen-bond donors (Lipinski definition) is 0. The molecule has 3 heteroatoms. The summed E-state index contributed by atoms with van der Waals surface area (Å²) in [6, 6.07) is 0. The second kappa shape index (κ2) is 7.10. The molecular formula is C5H11AlI2. The molecule has 0 bridgehead atoms. The van der Waals surface area contributed by atoms with Crippen molar-refractivity contribution in [2.45, 2.75) is 31.5 Å². The van der Waals surface area contributed by atoms with Crippen molar-refractivity contribution in [3.63, 3.8) is 0 Å². The molecule has 0 saturated carbocycles. The Hall–Kier alpha value is 1.99. The molecule has 0 aromatic heterocycles. The molecule has 0 unspecified atom stereocenters.